The molecule has 0 aliphatic rings. The van der Waals surface area contributed by atoms with Gasteiger partial charge in [0.1, 0.15) is 0 Å². The molecule has 128 valence electrons. The van der Waals surface area contributed by atoms with Crippen LogP contribution in [-0.2, 0) is 16.3 Å². The molecule has 0 aliphatic heterocycles. The molecule has 0 saturated carbocycles. The molecule has 0 aromatic heterocycles. The maximum Gasteiger partial charge on any atom is 0.230 e. The van der Waals surface area contributed by atoms with Crippen molar-refractivity contribution in [1.29, 1.82) is 0 Å². The number of thioether (sulfide) groups is 2. The van der Waals surface area contributed by atoms with E-state index in [1.54, 1.807) is 23.5 Å². The van der Waals surface area contributed by atoms with Crippen molar-refractivity contribution in [3.8, 4) is 0 Å². The van der Waals surface area contributed by atoms with Crippen molar-refractivity contribution in [1.82, 2.24) is 5.32 Å². The fraction of sp³-hybridized carbons (Fsp3) is 0.278. The molecule has 2 nitrogen and oxygen atoms in total. The minimum Gasteiger partial charge on any atom is -0.355 e. The second-order valence-corrected chi connectivity index (χ2v) is 7.99. The largest absolute Gasteiger partial charge is 0.355 e. The monoisotopic (exact) mass is 399 g/mol. The van der Waals surface area contributed by atoms with Gasteiger partial charge in [-0.25, -0.2) is 0 Å². The molecule has 0 radical (unpaired) electrons. The van der Waals surface area contributed by atoms with E-state index < -0.39 is 0 Å². The minimum atomic E-state index is 0.0762. The molecule has 2 rings (SSSR count). The van der Waals surface area contributed by atoms with Gasteiger partial charge in [0.05, 0.1) is 5.75 Å². The van der Waals surface area contributed by atoms with Crippen molar-refractivity contribution in [3.05, 3.63) is 69.7 Å². The topological polar surface area (TPSA) is 29.1 Å². The summed E-state index contributed by atoms with van der Waals surface area (Å²) in [4.78, 5) is 11.8. The van der Waals surface area contributed by atoms with E-state index >= 15 is 0 Å². The van der Waals surface area contributed by atoms with Gasteiger partial charge >= 0.3 is 0 Å². The highest BCUT2D eigenvalue weighted by atomic mass is 35.5. The van der Waals surface area contributed by atoms with E-state index in [1.165, 1.54) is 5.56 Å². The van der Waals surface area contributed by atoms with Crippen LogP contribution in [0.3, 0.4) is 0 Å². The maximum absolute atomic E-state index is 11.8. The van der Waals surface area contributed by atoms with Crippen molar-refractivity contribution < 1.29 is 4.79 Å². The van der Waals surface area contributed by atoms with Crippen molar-refractivity contribution in [2.75, 3.05) is 18.1 Å². The molecule has 2 aromatic rings. The number of rotatable bonds is 9. The van der Waals surface area contributed by atoms with Crippen LogP contribution in [0.1, 0.15) is 11.1 Å². The van der Waals surface area contributed by atoms with E-state index in [4.69, 9.17) is 23.2 Å². The maximum atomic E-state index is 11.8. The predicted octanol–water partition coefficient (Wildman–Crippen LogP) is 5.28. The number of carbonyl (C=O) groups excluding carboxylic acids is 1. The molecule has 1 N–H and O–H groups in total. The minimum absolute atomic E-state index is 0.0762. The van der Waals surface area contributed by atoms with E-state index in [2.05, 4.69) is 17.4 Å². The third kappa shape index (κ3) is 6.98. The Balaban J connectivity index is 1.56. The van der Waals surface area contributed by atoms with Crippen LogP contribution in [0.5, 0.6) is 0 Å². The highest BCUT2D eigenvalue weighted by molar-refractivity contribution is 7.99. The van der Waals surface area contributed by atoms with Crippen molar-refractivity contribution in [3.63, 3.8) is 0 Å². The lowest BCUT2D eigenvalue weighted by Gasteiger charge is -2.08. The number of carbonyl (C=O) groups is 1. The Hall–Kier alpha value is -0.810. The van der Waals surface area contributed by atoms with Crippen LogP contribution in [0.4, 0.5) is 0 Å². The van der Waals surface area contributed by atoms with Gasteiger partial charge in [0.15, 0.2) is 0 Å². The van der Waals surface area contributed by atoms with Gasteiger partial charge in [-0.1, -0.05) is 59.6 Å². The molecule has 2 aromatic carbocycles. The Kier molecular flexibility index (Phi) is 8.89. The van der Waals surface area contributed by atoms with Gasteiger partial charge < -0.3 is 5.32 Å². The van der Waals surface area contributed by atoms with Gasteiger partial charge in [-0.3, -0.25) is 4.79 Å². The van der Waals surface area contributed by atoms with Crippen LogP contribution < -0.4 is 5.32 Å². The van der Waals surface area contributed by atoms with Crippen molar-refractivity contribution in [2.45, 2.75) is 11.5 Å². The summed E-state index contributed by atoms with van der Waals surface area (Å²) in [6, 6.07) is 15.7. The summed E-state index contributed by atoms with van der Waals surface area (Å²) < 4.78 is 0. The quantitative estimate of drug-likeness (QED) is 0.581. The molecular weight excluding hydrogens is 381 g/mol. The Morgan fingerprint density at radius 3 is 2.33 bits per heavy atom. The molecule has 0 heterocycles. The Morgan fingerprint density at radius 1 is 0.917 bits per heavy atom. The van der Waals surface area contributed by atoms with Crippen LogP contribution in [0.2, 0.25) is 10.0 Å². The third-order valence-electron chi connectivity index (χ3n) is 3.22. The van der Waals surface area contributed by atoms with Crippen LogP contribution in [0.25, 0.3) is 0 Å². The molecule has 0 atom stereocenters. The average molecular weight is 400 g/mol. The normalized spacial score (nSPS) is 10.6. The molecule has 1 amide bonds. The standard InChI is InChI=1S/C18H19Cl2NOS2/c19-16-7-4-8-17(20)15(16)12-23-10-9-21-18(22)13-24-11-14-5-2-1-3-6-14/h1-8H,9-13H2,(H,21,22). The summed E-state index contributed by atoms with van der Waals surface area (Å²) in [5.41, 5.74) is 2.19. The average Bonchev–Trinajstić information content (AvgIpc) is 2.58. The van der Waals surface area contributed by atoms with Crippen LogP contribution in [0.15, 0.2) is 48.5 Å². The lowest BCUT2D eigenvalue weighted by Crippen LogP contribution is -2.27. The van der Waals surface area contributed by atoms with E-state index in [0.29, 0.717) is 22.3 Å². The van der Waals surface area contributed by atoms with Crippen LogP contribution >= 0.6 is 46.7 Å². The Labute approximate surface area is 161 Å². The summed E-state index contributed by atoms with van der Waals surface area (Å²) in [5.74, 6) is 2.99. The smallest absolute Gasteiger partial charge is 0.230 e. The summed E-state index contributed by atoms with van der Waals surface area (Å²) in [6.45, 7) is 0.650. The summed E-state index contributed by atoms with van der Waals surface area (Å²) in [6.07, 6.45) is 0. The van der Waals surface area contributed by atoms with E-state index in [1.807, 2.05) is 36.4 Å². The van der Waals surface area contributed by atoms with Gasteiger partial charge in [-0.2, -0.15) is 11.8 Å². The third-order valence-corrected chi connectivity index (χ3v) is 5.92. The summed E-state index contributed by atoms with van der Waals surface area (Å²) >= 11 is 15.6. The number of halogens is 2. The van der Waals surface area contributed by atoms with Crippen molar-refractivity contribution >= 4 is 52.6 Å². The highest BCUT2D eigenvalue weighted by Crippen LogP contribution is 2.27. The van der Waals surface area contributed by atoms with Gasteiger partial charge in [-0.05, 0) is 23.3 Å². The van der Waals surface area contributed by atoms with Crippen molar-refractivity contribution in [2.24, 2.45) is 0 Å². The van der Waals surface area contributed by atoms with Crippen LogP contribution in [0, 0.1) is 0 Å². The van der Waals surface area contributed by atoms with E-state index in [0.717, 1.165) is 22.8 Å². The van der Waals surface area contributed by atoms with E-state index in [-0.39, 0.29) is 5.91 Å². The molecule has 0 saturated heterocycles. The Morgan fingerprint density at radius 2 is 1.62 bits per heavy atom. The molecule has 6 heteroatoms. The second-order valence-electron chi connectivity index (χ2n) is 5.08. The van der Waals surface area contributed by atoms with Gasteiger partial charge in [0.2, 0.25) is 5.91 Å². The molecule has 0 fully saturated rings. The number of nitrogens with one attached hydrogen (secondary N) is 1. The van der Waals surface area contributed by atoms with Gasteiger partial charge in [0.25, 0.3) is 0 Å². The molecular formula is C18H19Cl2NOS2. The molecule has 0 bridgehead atoms. The first-order chi connectivity index (χ1) is 11.7. The zero-order chi connectivity index (χ0) is 17.2. The Bertz CT molecular complexity index is 632. The number of hydrogen-bond donors (Lipinski definition) is 1. The second kappa shape index (κ2) is 10.9. The zero-order valence-electron chi connectivity index (χ0n) is 13.1. The van der Waals surface area contributed by atoms with Crippen LogP contribution in [-0.4, -0.2) is 24.0 Å². The number of amides is 1. The molecule has 24 heavy (non-hydrogen) atoms. The number of benzene rings is 2. The number of hydrogen-bond acceptors (Lipinski definition) is 3. The predicted molar refractivity (Wildman–Crippen MR) is 108 cm³/mol. The zero-order valence-corrected chi connectivity index (χ0v) is 16.3. The SMILES string of the molecule is O=C(CSCc1ccccc1)NCCSCc1c(Cl)cccc1Cl. The fourth-order valence-corrected chi connectivity index (χ4v) is 4.41. The lowest BCUT2D eigenvalue weighted by molar-refractivity contribution is -0.118. The highest BCUT2D eigenvalue weighted by Gasteiger charge is 2.06. The first-order valence-electron chi connectivity index (χ1n) is 7.56. The summed E-state index contributed by atoms with van der Waals surface area (Å²) in [5, 5.41) is 4.32. The lowest BCUT2D eigenvalue weighted by atomic mass is 10.2. The van der Waals surface area contributed by atoms with Gasteiger partial charge in [-0.15, -0.1) is 11.8 Å². The van der Waals surface area contributed by atoms with E-state index in [9.17, 15) is 4.79 Å². The molecule has 0 aliphatic carbocycles. The fourth-order valence-electron chi connectivity index (χ4n) is 1.99. The molecule has 0 spiro atoms. The summed E-state index contributed by atoms with van der Waals surface area (Å²) in [7, 11) is 0. The van der Waals surface area contributed by atoms with Gasteiger partial charge in [0, 0.05) is 33.8 Å². The first kappa shape index (κ1) is 19.5. The molecule has 0 unspecified atom stereocenters. The first-order valence-corrected chi connectivity index (χ1v) is 10.6.